The summed E-state index contributed by atoms with van der Waals surface area (Å²) >= 11 is 0. The summed E-state index contributed by atoms with van der Waals surface area (Å²) in [5, 5.41) is 20.3. The SMILES string of the molecule is C[Si-](C)(c1ccc2oc3ccc(-c4cc5ccccc5c5ccccc45)cc3c2c1)c1ccc2oc3ccc(-c4ccc5ccc6cccc7ccc4c5c67)cc3c2c1. The van der Waals surface area contributed by atoms with Crippen molar-refractivity contribution >= 4 is 116 Å². The molecule has 2 nitrogen and oxygen atoms in total. The number of furan rings is 2. The van der Waals surface area contributed by atoms with E-state index in [2.05, 4.69) is 195 Å². The molecule has 0 saturated heterocycles. The maximum atomic E-state index is 6.49. The van der Waals surface area contributed by atoms with Crippen molar-refractivity contribution in [3.8, 4) is 22.3 Å². The van der Waals surface area contributed by atoms with Crippen LogP contribution >= 0.6 is 0 Å². The van der Waals surface area contributed by atoms with Gasteiger partial charge in [0.15, 0.2) is 0 Å². The van der Waals surface area contributed by atoms with Crippen LogP contribution in [0.15, 0.2) is 191 Å². The van der Waals surface area contributed by atoms with Gasteiger partial charge in [-0.25, -0.2) is 0 Å². The molecule has 0 bridgehead atoms. The summed E-state index contributed by atoms with van der Waals surface area (Å²) in [6.45, 7) is 4.92. The van der Waals surface area contributed by atoms with Crippen molar-refractivity contribution in [3.63, 3.8) is 0 Å². The topological polar surface area (TPSA) is 26.3 Å². The molecule has 0 aliphatic rings. The van der Waals surface area contributed by atoms with E-state index < -0.39 is 8.07 Å². The molecule has 0 aliphatic carbocycles. The van der Waals surface area contributed by atoms with Crippen molar-refractivity contribution in [3.05, 3.63) is 182 Å². The maximum Gasteiger partial charge on any atom is 0.135 e. The molecule has 0 aliphatic heterocycles. The average molecular weight is 769 g/mol. The molecule has 11 aromatic carbocycles. The van der Waals surface area contributed by atoms with E-state index in [1.54, 1.807) is 0 Å². The molecule has 277 valence electrons. The van der Waals surface area contributed by atoms with Gasteiger partial charge >= 0.3 is 0 Å². The summed E-state index contributed by atoms with van der Waals surface area (Å²) in [4.78, 5) is 0. The lowest BCUT2D eigenvalue weighted by Crippen LogP contribution is -2.52. The van der Waals surface area contributed by atoms with Crippen LogP contribution in [0, 0.1) is 0 Å². The van der Waals surface area contributed by atoms with Crippen LogP contribution in [0.4, 0.5) is 0 Å². The van der Waals surface area contributed by atoms with E-state index >= 15 is 0 Å². The van der Waals surface area contributed by atoms with E-state index in [4.69, 9.17) is 8.83 Å². The first-order valence-electron chi connectivity index (χ1n) is 20.5. The van der Waals surface area contributed by atoms with Crippen LogP contribution in [0.3, 0.4) is 0 Å². The quantitative estimate of drug-likeness (QED) is 0.132. The van der Waals surface area contributed by atoms with Crippen LogP contribution in [0.2, 0.25) is 13.1 Å². The second-order valence-electron chi connectivity index (χ2n) is 16.8. The van der Waals surface area contributed by atoms with Crippen LogP contribution in [0.25, 0.3) is 120 Å². The van der Waals surface area contributed by atoms with E-state index in [-0.39, 0.29) is 0 Å². The van der Waals surface area contributed by atoms with E-state index in [1.807, 2.05) is 0 Å². The average Bonchev–Trinajstić information content (AvgIpc) is 3.84. The van der Waals surface area contributed by atoms with E-state index in [9.17, 15) is 0 Å². The molecule has 13 rings (SSSR count). The van der Waals surface area contributed by atoms with Crippen molar-refractivity contribution < 1.29 is 8.83 Å². The lowest BCUT2D eigenvalue weighted by molar-refractivity contribution is 0.668. The molecular formula is C56H36O2Si-. The molecule has 0 atom stereocenters. The van der Waals surface area contributed by atoms with Crippen molar-refractivity contribution in [1.29, 1.82) is 0 Å². The molecule has 0 spiro atoms. The van der Waals surface area contributed by atoms with Gasteiger partial charge in [0.1, 0.15) is 22.3 Å². The maximum absolute atomic E-state index is 6.49. The van der Waals surface area contributed by atoms with Gasteiger partial charge < -0.3 is 8.83 Å². The second-order valence-corrected chi connectivity index (χ2v) is 21.2. The fourth-order valence-corrected chi connectivity index (χ4v) is 12.5. The van der Waals surface area contributed by atoms with Gasteiger partial charge in [0.25, 0.3) is 0 Å². The van der Waals surface area contributed by atoms with Gasteiger partial charge in [-0.15, -0.1) is 0 Å². The van der Waals surface area contributed by atoms with Gasteiger partial charge in [-0.1, -0.05) is 148 Å². The van der Waals surface area contributed by atoms with Crippen LogP contribution in [-0.4, -0.2) is 8.07 Å². The van der Waals surface area contributed by atoms with Crippen LogP contribution in [0.5, 0.6) is 0 Å². The molecule has 59 heavy (non-hydrogen) atoms. The van der Waals surface area contributed by atoms with Gasteiger partial charge in [-0.05, 0) is 119 Å². The molecule has 0 N–H and O–H groups in total. The summed E-state index contributed by atoms with van der Waals surface area (Å²) in [5.74, 6) is 0. The van der Waals surface area contributed by atoms with Crippen molar-refractivity contribution in [2.45, 2.75) is 13.1 Å². The molecule has 0 saturated carbocycles. The minimum Gasteiger partial charge on any atom is -0.456 e. The van der Waals surface area contributed by atoms with Crippen molar-refractivity contribution in [2.75, 3.05) is 0 Å². The summed E-state index contributed by atoms with van der Waals surface area (Å²) in [6.07, 6.45) is 0. The number of benzene rings is 11. The molecule has 13 aromatic rings. The molecule has 2 aromatic heterocycles. The molecule has 0 radical (unpaired) electrons. The smallest absolute Gasteiger partial charge is 0.135 e. The van der Waals surface area contributed by atoms with Crippen molar-refractivity contribution in [1.82, 2.24) is 0 Å². The predicted molar refractivity (Wildman–Crippen MR) is 254 cm³/mol. The van der Waals surface area contributed by atoms with Crippen LogP contribution in [0.1, 0.15) is 0 Å². The predicted octanol–water partition coefficient (Wildman–Crippen LogP) is 14.8. The first-order chi connectivity index (χ1) is 29.0. The highest BCUT2D eigenvalue weighted by Gasteiger charge is 2.20. The van der Waals surface area contributed by atoms with Gasteiger partial charge in [0.05, 0.1) is 0 Å². The lowest BCUT2D eigenvalue weighted by Gasteiger charge is -2.36. The zero-order valence-corrected chi connectivity index (χ0v) is 33.6. The zero-order valence-electron chi connectivity index (χ0n) is 32.6. The third kappa shape index (κ3) is 4.74. The van der Waals surface area contributed by atoms with E-state index in [1.165, 1.54) is 91.9 Å². The third-order valence-electron chi connectivity index (χ3n) is 13.3. The summed E-state index contributed by atoms with van der Waals surface area (Å²) in [5.41, 5.74) is 8.56. The standard InChI is InChI=1S/C56H36O2Si/c1-59(2,40-21-27-54-50(32-40)48-30-38(19-25-52(48)58-54)46-28-36-8-3-4-11-41(36)43-12-5-6-13-44(43)46)39-20-26-53-49(31-39)47-29-37(18-24-51(47)57-53)42-22-16-35-15-14-33-9-7-10-34-17-23-45(42)56(35)55(33)34/h3-32H,1-2H3/q-1. The Morgan fingerprint density at radius 3 is 1.46 bits per heavy atom. The number of rotatable bonds is 4. The van der Waals surface area contributed by atoms with Crippen LogP contribution in [-0.2, 0) is 0 Å². The highest BCUT2D eigenvalue weighted by atomic mass is 28.3. The molecule has 0 amide bonds. The number of hydrogen-bond acceptors (Lipinski definition) is 2. The van der Waals surface area contributed by atoms with Crippen molar-refractivity contribution in [2.24, 2.45) is 0 Å². The Morgan fingerprint density at radius 2 is 0.797 bits per heavy atom. The van der Waals surface area contributed by atoms with Gasteiger partial charge in [-0.3, -0.25) is 0 Å². The first-order valence-corrected chi connectivity index (χ1v) is 23.5. The lowest BCUT2D eigenvalue weighted by atomic mass is 9.89. The number of hydrogen-bond donors (Lipinski definition) is 0. The number of fused-ring (bicyclic) bond motifs is 9. The fourth-order valence-electron chi connectivity index (χ4n) is 10.1. The fraction of sp³-hybridized carbons (Fsp3) is 0.0357. The van der Waals surface area contributed by atoms with E-state index in [0.717, 1.165) is 38.5 Å². The first kappa shape index (κ1) is 32.8. The molecule has 0 fully saturated rings. The highest BCUT2D eigenvalue weighted by Crippen LogP contribution is 2.42. The van der Waals surface area contributed by atoms with Gasteiger partial charge in [-0.2, -0.15) is 23.5 Å². The Morgan fingerprint density at radius 1 is 0.305 bits per heavy atom. The Hall–Kier alpha value is -7.20. The third-order valence-corrected chi connectivity index (χ3v) is 16.8. The second kappa shape index (κ2) is 11.9. The molecule has 0 unspecified atom stereocenters. The summed E-state index contributed by atoms with van der Waals surface area (Å²) in [6, 6.07) is 67.2. The Balaban J connectivity index is 0.925. The summed E-state index contributed by atoms with van der Waals surface area (Å²) < 4.78 is 13.0. The Kier molecular flexibility index (Phi) is 6.63. The zero-order chi connectivity index (χ0) is 39.0. The molecule has 2 heterocycles. The minimum atomic E-state index is -2.19. The molecular weight excluding hydrogens is 733 g/mol. The monoisotopic (exact) mass is 768 g/mol. The van der Waals surface area contributed by atoms with E-state index in [0.29, 0.717) is 0 Å². The van der Waals surface area contributed by atoms with Crippen LogP contribution < -0.4 is 10.4 Å². The van der Waals surface area contributed by atoms with Gasteiger partial charge in [0, 0.05) is 21.5 Å². The highest BCUT2D eigenvalue weighted by molar-refractivity contribution is 7.00. The Labute approximate surface area is 340 Å². The normalized spacial score (nSPS) is 12.6. The summed E-state index contributed by atoms with van der Waals surface area (Å²) in [7, 11) is -2.19. The Bertz CT molecular complexity index is 3870. The largest absolute Gasteiger partial charge is 0.456 e. The molecule has 3 heteroatoms. The van der Waals surface area contributed by atoms with Gasteiger partial charge in [0.2, 0.25) is 0 Å². The minimum absolute atomic E-state index is 0.914.